The number of nitrogens with two attached hydrogens (primary N) is 1. The molecule has 29 heavy (non-hydrogen) atoms. The first-order valence-corrected chi connectivity index (χ1v) is 10.8. The van der Waals surface area contributed by atoms with Gasteiger partial charge in [0.05, 0.1) is 29.6 Å². The number of anilines is 1. The molecule has 11 nitrogen and oxygen atoms in total. The van der Waals surface area contributed by atoms with Gasteiger partial charge in [0.1, 0.15) is 5.69 Å². The van der Waals surface area contributed by atoms with Gasteiger partial charge in [-0.1, -0.05) is 0 Å². The van der Waals surface area contributed by atoms with Crippen molar-refractivity contribution < 1.29 is 22.9 Å². The van der Waals surface area contributed by atoms with Crippen molar-refractivity contribution in [1.29, 1.82) is 0 Å². The molecule has 0 unspecified atom stereocenters. The SMILES string of the molecule is NC(=O)CN1CCC(Nc2ccc(S(=O)(=O)N3CCOCC3)cc2[N+](=O)[O-])CC1. The van der Waals surface area contributed by atoms with E-state index in [0.29, 0.717) is 39.1 Å². The summed E-state index contributed by atoms with van der Waals surface area (Å²) in [5.74, 6) is -0.385. The molecule has 2 heterocycles. The molecule has 0 atom stereocenters. The van der Waals surface area contributed by atoms with E-state index in [1.165, 1.54) is 16.4 Å². The number of piperidine rings is 1. The Bertz CT molecular complexity index is 863. The summed E-state index contributed by atoms with van der Waals surface area (Å²) in [4.78, 5) is 23.8. The lowest BCUT2D eigenvalue weighted by Crippen LogP contribution is -2.43. The van der Waals surface area contributed by atoms with Crippen LogP contribution in [-0.4, -0.2) is 80.4 Å². The van der Waals surface area contributed by atoms with Gasteiger partial charge in [-0.05, 0) is 25.0 Å². The number of hydrogen-bond donors (Lipinski definition) is 2. The molecule has 2 fully saturated rings. The predicted molar refractivity (Wildman–Crippen MR) is 105 cm³/mol. The number of carbonyl (C=O) groups excluding carboxylic acids is 1. The molecule has 1 aromatic carbocycles. The molecule has 12 heteroatoms. The fraction of sp³-hybridized carbons (Fsp3) is 0.588. The van der Waals surface area contributed by atoms with E-state index in [1.54, 1.807) is 0 Å². The highest BCUT2D eigenvalue weighted by molar-refractivity contribution is 7.89. The predicted octanol–water partition coefficient (Wildman–Crippen LogP) is -0.0227. The highest BCUT2D eigenvalue weighted by Gasteiger charge is 2.29. The van der Waals surface area contributed by atoms with Crippen molar-refractivity contribution in [2.45, 2.75) is 23.8 Å². The average molecular weight is 427 g/mol. The van der Waals surface area contributed by atoms with Crippen LogP contribution in [-0.2, 0) is 19.6 Å². The minimum Gasteiger partial charge on any atom is -0.379 e. The molecule has 2 aliphatic heterocycles. The second-order valence-corrected chi connectivity index (χ2v) is 9.05. The Morgan fingerprint density at radius 1 is 1.24 bits per heavy atom. The quantitative estimate of drug-likeness (QED) is 0.455. The van der Waals surface area contributed by atoms with Crippen molar-refractivity contribution in [2.75, 3.05) is 51.3 Å². The van der Waals surface area contributed by atoms with Gasteiger partial charge in [0.15, 0.2) is 0 Å². The summed E-state index contributed by atoms with van der Waals surface area (Å²) < 4.78 is 32.0. The molecular formula is C17H25N5O6S. The highest BCUT2D eigenvalue weighted by Crippen LogP contribution is 2.31. The maximum atomic E-state index is 12.8. The van der Waals surface area contributed by atoms with Crippen LogP contribution in [0.1, 0.15) is 12.8 Å². The molecule has 160 valence electrons. The Hall–Kier alpha value is -2.28. The van der Waals surface area contributed by atoms with Gasteiger partial charge in [-0.2, -0.15) is 4.31 Å². The summed E-state index contributed by atoms with van der Waals surface area (Å²) in [6.45, 7) is 2.54. The van der Waals surface area contributed by atoms with Crippen molar-refractivity contribution in [1.82, 2.24) is 9.21 Å². The Morgan fingerprint density at radius 2 is 1.90 bits per heavy atom. The number of nitrogens with one attached hydrogen (secondary N) is 1. The number of primary amides is 1. The van der Waals surface area contributed by atoms with Gasteiger partial charge in [0.25, 0.3) is 5.69 Å². The number of carbonyl (C=O) groups is 1. The molecule has 0 radical (unpaired) electrons. The van der Waals surface area contributed by atoms with E-state index in [0.717, 1.165) is 6.07 Å². The van der Waals surface area contributed by atoms with E-state index in [1.807, 2.05) is 4.90 Å². The van der Waals surface area contributed by atoms with Crippen molar-refractivity contribution in [3.8, 4) is 0 Å². The first kappa shape index (κ1) is 21.4. The van der Waals surface area contributed by atoms with Crippen LogP contribution in [0.5, 0.6) is 0 Å². The second kappa shape index (κ2) is 9.03. The van der Waals surface area contributed by atoms with E-state index in [2.05, 4.69) is 5.32 Å². The molecule has 0 spiro atoms. The zero-order valence-corrected chi connectivity index (χ0v) is 16.8. The first-order valence-electron chi connectivity index (χ1n) is 9.41. The number of nitro benzene ring substituents is 1. The zero-order chi connectivity index (χ0) is 21.0. The van der Waals surface area contributed by atoms with Crippen LogP contribution in [0, 0.1) is 10.1 Å². The maximum absolute atomic E-state index is 12.8. The van der Waals surface area contributed by atoms with Gasteiger partial charge in [0, 0.05) is 38.3 Å². The molecule has 0 aromatic heterocycles. The smallest absolute Gasteiger partial charge is 0.293 e. The number of likely N-dealkylation sites (tertiary alicyclic amines) is 1. The summed E-state index contributed by atoms with van der Waals surface area (Å²) in [6.07, 6.45) is 1.39. The van der Waals surface area contributed by atoms with E-state index < -0.39 is 14.9 Å². The second-order valence-electron chi connectivity index (χ2n) is 7.11. The molecule has 2 aliphatic rings. The summed E-state index contributed by atoms with van der Waals surface area (Å²) >= 11 is 0. The van der Waals surface area contributed by atoms with Gasteiger partial charge in [-0.25, -0.2) is 8.42 Å². The van der Waals surface area contributed by atoms with E-state index >= 15 is 0 Å². The van der Waals surface area contributed by atoms with E-state index in [4.69, 9.17) is 10.5 Å². The molecule has 1 amide bonds. The number of sulfonamides is 1. The summed E-state index contributed by atoms with van der Waals surface area (Å²) in [6, 6.07) is 3.93. The fourth-order valence-electron chi connectivity index (χ4n) is 3.56. The lowest BCUT2D eigenvalue weighted by atomic mass is 10.0. The van der Waals surface area contributed by atoms with Crippen molar-refractivity contribution >= 4 is 27.3 Å². The third kappa shape index (κ3) is 5.21. The van der Waals surface area contributed by atoms with Gasteiger partial charge in [0.2, 0.25) is 15.9 Å². The largest absolute Gasteiger partial charge is 0.379 e. The Balaban J connectivity index is 1.74. The van der Waals surface area contributed by atoms with Crippen molar-refractivity contribution in [3.63, 3.8) is 0 Å². The third-order valence-electron chi connectivity index (χ3n) is 5.10. The van der Waals surface area contributed by atoms with Gasteiger partial charge >= 0.3 is 0 Å². The van der Waals surface area contributed by atoms with E-state index in [-0.39, 0.29) is 47.9 Å². The third-order valence-corrected chi connectivity index (χ3v) is 7.00. The molecule has 2 saturated heterocycles. The molecule has 0 saturated carbocycles. The van der Waals surface area contributed by atoms with Crippen molar-refractivity contribution in [2.24, 2.45) is 5.73 Å². The number of nitrogens with zero attached hydrogens (tertiary/aromatic N) is 3. The number of morpholine rings is 1. The van der Waals surface area contributed by atoms with E-state index in [9.17, 15) is 23.3 Å². The topological polar surface area (TPSA) is 148 Å². The van der Waals surface area contributed by atoms with Gasteiger partial charge in [-0.15, -0.1) is 0 Å². The van der Waals surface area contributed by atoms with Crippen LogP contribution >= 0.6 is 0 Å². The fourth-order valence-corrected chi connectivity index (χ4v) is 4.99. The van der Waals surface area contributed by atoms with Crippen LogP contribution in [0.3, 0.4) is 0 Å². The average Bonchev–Trinajstić information content (AvgIpc) is 2.69. The molecule has 3 N–H and O–H groups in total. The highest BCUT2D eigenvalue weighted by atomic mass is 32.2. The number of ether oxygens (including phenoxy) is 1. The van der Waals surface area contributed by atoms with Crippen molar-refractivity contribution in [3.05, 3.63) is 28.3 Å². The number of nitro groups is 1. The number of amides is 1. The minimum atomic E-state index is -3.82. The summed E-state index contributed by atoms with van der Waals surface area (Å²) in [7, 11) is -3.82. The van der Waals surface area contributed by atoms with Crippen LogP contribution in [0.15, 0.2) is 23.1 Å². The Morgan fingerprint density at radius 3 is 2.48 bits per heavy atom. The Kier molecular flexibility index (Phi) is 6.67. The van der Waals surface area contributed by atoms with Crippen LogP contribution in [0.2, 0.25) is 0 Å². The van der Waals surface area contributed by atoms with Gasteiger partial charge in [-0.3, -0.25) is 19.8 Å². The lowest BCUT2D eigenvalue weighted by molar-refractivity contribution is -0.384. The lowest BCUT2D eigenvalue weighted by Gasteiger charge is -2.32. The number of rotatable bonds is 7. The number of benzene rings is 1. The van der Waals surface area contributed by atoms with Crippen LogP contribution in [0.4, 0.5) is 11.4 Å². The standard InChI is InChI=1S/C17H25N5O6S/c18-17(23)12-20-5-3-13(4-6-20)19-15-2-1-14(11-16(15)22(24)25)29(26,27)21-7-9-28-10-8-21/h1-2,11,13,19H,3-10,12H2,(H2,18,23). The Labute approximate surface area is 169 Å². The monoisotopic (exact) mass is 427 g/mol. The summed E-state index contributed by atoms with van der Waals surface area (Å²) in [5, 5.41) is 14.7. The normalized spacial score (nSPS) is 19.7. The first-order chi connectivity index (χ1) is 13.8. The zero-order valence-electron chi connectivity index (χ0n) is 16.0. The molecule has 3 rings (SSSR count). The minimum absolute atomic E-state index is 0.0143. The molecule has 1 aromatic rings. The summed E-state index contributed by atoms with van der Waals surface area (Å²) in [5.41, 5.74) is 5.21. The molecular weight excluding hydrogens is 402 g/mol. The molecule has 0 aliphatic carbocycles. The van der Waals surface area contributed by atoms with Gasteiger partial charge < -0.3 is 15.8 Å². The van der Waals surface area contributed by atoms with Crippen LogP contribution in [0.25, 0.3) is 0 Å². The van der Waals surface area contributed by atoms with Crippen LogP contribution < -0.4 is 11.1 Å². The number of hydrogen-bond acceptors (Lipinski definition) is 8. The molecule has 0 bridgehead atoms. The maximum Gasteiger partial charge on any atom is 0.293 e.